The van der Waals surface area contributed by atoms with Gasteiger partial charge in [-0.3, -0.25) is 4.98 Å². The van der Waals surface area contributed by atoms with E-state index in [0.29, 0.717) is 6.10 Å². The molecule has 1 aliphatic rings. The zero-order valence-electron chi connectivity index (χ0n) is 11.8. The van der Waals surface area contributed by atoms with Gasteiger partial charge in [0.2, 0.25) is 0 Å². The Labute approximate surface area is 120 Å². The average Bonchev–Trinajstić information content (AvgIpc) is 3.30. The van der Waals surface area contributed by atoms with Gasteiger partial charge in [0.1, 0.15) is 5.75 Å². The fourth-order valence-corrected chi connectivity index (χ4v) is 2.12. The number of nitrogens with zero attached hydrogens (tertiary/aromatic N) is 1. The Morgan fingerprint density at radius 3 is 2.65 bits per heavy atom. The van der Waals surface area contributed by atoms with Crippen LogP contribution in [0.3, 0.4) is 0 Å². The molecule has 1 saturated carbocycles. The van der Waals surface area contributed by atoms with Crippen molar-refractivity contribution in [2.75, 3.05) is 6.54 Å². The Kier molecular flexibility index (Phi) is 3.97. The molecule has 2 aromatic rings. The number of pyridine rings is 1. The second-order valence-corrected chi connectivity index (χ2v) is 5.20. The first-order valence-electron chi connectivity index (χ1n) is 7.27. The molecule has 1 aromatic carbocycles. The number of benzene rings is 1. The lowest BCUT2D eigenvalue weighted by Gasteiger charge is -2.07. The van der Waals surface area contributed by atoms with Crippen LogP contribution < -0.4 is 10.1 Å². The first kappa shape index (κ1) is 13.1. The van der Waals surface area contributed by atoms with E-state index in [9.17, 15) is 0 Å². The summed E-state index contributed by atoms with van der Waals surface area (Å²) >= 11 is 0. The summed E-state index contributed by atoms with van der Waals surface area (Å²) in [6.07, 6.45) is 6.66. The highest BCUT2D eigenvalue weighted by molar-refractivity contribution is 5.63. The maximum atomic E-state index is 5.77. The summed E-state index contributed by atoms with van der Waals surface area (Å²) in [5.41, 5.74) is 3.54. The van der Waals surface area contributed by atoms with Gasteiger partial charge in [0.25, 0.3) is 0 Å². The third kappa shape index (κ3) is 3.36. The number of hydrogen-bond donors (Lipinski definition) is 1. The molecule has 0 amide bonds. The van der Waals surface area contributed by atoms with Crippen molar-refractivity contribution >= 4 is 0 Å². The first-order valence-corrected chi connectivity index (χ1v) is 7.27. The summed E-state index contributed by atoms with van der Waals surface area (Å²) in [7, 11) is 0. The lowest BCUT2D eigenvalue weighted by atomic mass is 10.1. The van der Waals surface area contributed by atoms with Gasteiger partial charge in [-0.15, -0.1) is 0 Å². The van der Waals surface area contributed by atoms with E-state index in [1.54, 1.807) is 0 Å². The van der Waals surface area contributed by atoms with Crippen molar-refractivity contribution in [3.05, 3.63) is 48.3 Å². The van der Waals surface area contributed by atoms with Crippen LogP contribution in [-0.4, -0.2) is 17.6 Å². The molecule has 0 bridgehead atoms. The topological polar surface area (TPSA) is 34.2 Å². The highest BCUT2D eigenvalue weighted by atomic mass is 16.5. The molecule has 1 aliphatic carbocycles. The van der Waals surface area contributed by atoms with Crippen molar-refractivity contribution in [2.24, 2.45) is 0 Å². The van der Waals surface area contributed by atoms with Crippen molar-refractivity contribution in [1.29, 1.82) is 0 Å². The SMILES string of the molecule is CCNCc1cncc(-c2ccc(OC3CC3)cc2)c1. The predicted octanol–water partition coefficient (Wildman–Crippen LogP) is 3.40. The van der Waals surface area contributed by atoms with Crippen molar-refractivity contribution in [2.45, 2.75) is 32.4 Å². The zero-order valence-corrected chi connectivity index (χ0v) is 11.8. The van der Waals surface area contributed by atoms with Crippen LogP contribution in [0.15, 0.2) is 42.7 Å². The molecule has 0 aliphatic heterocycles. The van der Waals surface area contributed by atoms with Gasteiger partial charge in [0.05, 0.1) is 6.10 Å². The summed E-state index contributed by atoms with van der Waals surface area (Å²) in [6, 6.07) is 10.5. The van der Waals surface area contributed by atoms with Gasteiger partial charge in [-0.2, -0.15) is 0 Å². The van der Waals surface area contributed by atoms with Crippen LogP contribution >= 0.6 is 0 Å². The Morgan fingerprint density at radius 2 is 1.95 bits per heavy atom. The number of ether oxygens (including phenoxy) is 1. The average molecular weight is 268 g/mol. The van der Waals surface area contributed by atoms with Crippen LogP contribution in [0, 0.1) is 0 Å². The minimum atomic E-state index is 0.450. The lowest BCUT2D eigenvalue weighted by molar-refractivity contribution is 0.303. The largest absolute Gasteiger partial charge is 0.490 e. The molecular formula is C17H20N2O. The number of hydrogen-bond acceptors (Lipinski definition) is 3. The molecule has 104 valence electrons. The van der Waals surface area contributed by atoms with Crippen molar-refractivity contribution < 1.29 is 4.74 Å². The van der Waals surface area contributed by atoms with Gasteiger partial charge in [-0.1, -0.05) is 19.1 Å². The van der Waals surface area contributed by atoms with E-state index in [2.05, 4.69) is 35.4 Å². The maximum absolute atomic E-state index is 5.77. The van der Waals surface area contributed by atoms with Crippen LogP contribution in [0.4, 0.5) is 0 Å². The van der Waals surface area contributed by atoms with Crippen LogP contribution in [0.1, 0.15) is 25.3 Å². The third-order valence-corrected chi connectivity index (χ3v) is 3.39. The van der Waals surface area contributed by atoms with Gasteiger partial charge in [0.15, 0.2) is 0 Å². The molecule has 1 aromatic heterocycles. The molecule has 0 unspecified atom stereocenters. The summed E-state index contributed by atoms with van der Waals surface area (Å²) in [6.45, 7) is 3.94. The monoisotopic (exact) mass is 268 g/mol. The molecule has 1 heterocycles. The number of nitrogens with one attached hydrogen (secondary N) is 1. The Hall–Kier alpha value is -1.87. The van der Waals surface area contributed by atoms with Crippen LogP contribution in [0.25, 0.3) is 11.1 Å². The molecule has 1 N–H and O–H groups in total. The Morgan fingerprint density at radius 1 is 1.15 bits per heavy atom. The summed E-state index contributed by atoms with van der Waals surface area (Å²) in [5.74, 6) is 0.966. The molecule has 0 spiro atoms. The highest BCUT2D eigenvalue weighted by Gasteiger charge is 2.23. The molecule has 0 saturated heterocycles. The van der Waals surface area contributed by atoms with E-state index in [1.165, 1.54) is 24.0 Å². The van der Waals surface area contributed by atoms with E-state index in [4.69, 9.17) is 4.74 Å². The first-order chi connectivity index (χ1) is 9.85. The minimum absolute atomic E-state index is 0.450. The van der Waals surface area contributed by atoms with Crippen LogP contribution in [0.5, 0.6) is 5.75 Å². The van der Waals surface area contributed by atoms with E-state index in [0.717, 1.165) is 24.4 Å². The van der Waals surface area contributed by atoms with Gasteiger partial charge >= 0.3 is 0 Å². The number of aromatic nitrogens is 1. The normalized spacial score (nSPS) is 14.2. The zero-order chi connectivity index (χ0) is 13.8. The molecule has 0 radical (unpaired) electrons. The van der Waals surface area contributed by atoms with E-state index < -0.39 is 0 Å². The van der Waals surface area contributed by atoms with Crippen molar-refractivity contribution in [3.8, 4) is 16.9 Å². The van der Waals surface area contributed by atoms with E-state index >= 15 is 0 Å². The smallest absolute Gasteiger partial charge is 0.119 e. The standard InChI is InChI=1S/C17H20N2O/c1-2-18-10-13-9-15(12-19-11-13)14-3-5-16(6-4-14)20-17-7-8-17/h3-6,9,11-12,17-18H,2,7-8,10H2,1H3. The molecule has 0 atom stereocenters. The van der Waals surface area contributed by atoms with Gasteiger partial charge in [-0.25, -0.2) is 0 Å². The second-order valence-electron chi connectivity index (χ2n) is 5.20. The molecular weight excluding hydrogens is 248 g/mol. The van der Waals surface area contributed by atoms with Crippen molar-refractivity contribution in [1.82, 2.24) is 10.3 Å². The predicted molar refractivity (Wildman–Crippen MR) is 80.7 cm³/mol. The lowest BCUT2D eigenvalue weighted by Crippen LogP contribution is -2.11. The minimum Gasteiger partial charge on any atom is -0.490 e. The second kappa shape index (κ2) is 6.06. The summed E-state index contributed by atoms with van der Waals surface area (Å²) < 4.78 is 5.77. The molecule has 3 nitrogen and oxygen atoms in total. The van der Waals surface area contributed by atoms with Gasteiger partial charge in [0, 0.05) is 24.5 Å². The summed E-state index contributed by atoms with van der Waals surface area (Å²) in [4.78, 5) is 4.32. The van der Waals surface area contributed by atoms with Crippen LogP contribution in [0.2, 0.25) is 0 Å². The number of rotatable bonds is 6. The van der Waals surface area contributed by atoms with Crippen LogP contribution in [-0.2, 0) is 6.54 Å². The van der Waals surface area contributed by atoms with Gasteiger partial charge < -0.3 is 10.1 Å². The van der Waals surface area contributed by atoms with Gasteiger partial charge in [-0.05, 0) is 48.7 Å². The van der Waals surface area contributed by atoms with Crippen molar-refractivity contribution in [3.63, 3.8) is 0 Å². The van der Waals surface area contributed by atoms with E-state index in [-0.39, 0.29) is 0 Å². The Balaban J connectivity index is 1.73. The fraction of sp³-hybridized carbons (Fsp3) is 0.353. The third-order valence-electron chi connectivity index (χ3n) is 3.39. The van der Waals surface area contributed by atoms with E-state index in [1.807, 2.05) is 24.5 Å². The maximum Gasteiger partial charge on any atom is 0.119 e. The highest BCUT2D eigenvalue weighted by Crippen LogP contribution is 2.28. The quantitative estimate of drug-likeness (QED) is 0.872. The molecule has 20 heavy (non-hydrogen) atoms. The molecule has 1 fully saturated rings. The fourth-order valence-electron chi connectivity index (χ4n) is 2.12. The summed E-state index contributed by atoms with van der Waals surface area (Å²) in [5, 5.41) is 3.32. The Bertz CT molecular complexity index is 561. The molecule has 3 rings (SSSR count). The molecule has 3 heteroatoms.